The minimum atomic E-state index is -4.41. The van der Waals surface area contributed by atoms with Gasteiger partial charge >= 0.3 is 11.9 Å². The first-order chi connectivity index (χ1) is 15.2. The quantitative estimate of drug-likeness (QED) is 0.490. The van der Waals surface area contributed by atoms with Crippen molar-refractivity contribution in [3.05, 3.63) is 74.7 Å². The normalized spacial score (nSPS) is 12.0. The van der Waals surface area contributed by atoms with Gasteiger partial charge in [0.15, 0.2) is 0 Å². The second-order valence-electron chi connectivity index (χ2n) is 7.55. The van der Waals surface area contributed by atoms with Crippen LogP contribution < -0.4 is 11.2 Å². The number of aryl methyl sites for hydroxylation is 1. The van der Waals surface area contributed by atoms with E-state index in [4.69, 9.17) is 0 Å². The fraction of sp³-hybridized carbons (Fsp3) is 0.318. The van der Waals surface area contributed by atoms with E-state index in [-0.39, 0.29) is 17.8 Å². The molecule has 3 heterocycles. The molecular formula is C22H22F3N5O2. The van der Waals surface area contributed by atoms with Crippen LogP contribution in [0.3, 0.4) is 0 Å². The highest BCUT2D eigenvalue weighted by Crippen LogP contribution is 2.30. The molecule has 0 radical (unpaired) electrons. The van der Waals surface area contributed by atoms with Crippen molar-refractivity contribution >= 4 is 11.0 Å². The van der Waals surface area contributed by atoms with Crippen LogP contribution in [0, 0.1) is 0 Å². The number of aromatic nitrogens is 5. The second kappa shape index (κ2) is 8.18. The van der Waals surface area contributed by atoms with Crippen LogP contribution in [0.1, 0.15) is 31.4 Å². The number of H-pyrrole nitrogens is 1. The van der Waals surface area contributed by atoms with Gasteiger partial charge in [-0.15, -0.1) is 0 Å². The number of alkyl halides is 3. The van der Waals surface area contributed by atoms with E-state index in [1.54, 1.807) is 29.1 Å². The van der Waals surface area contributed by atoms with Crippen LogP contribution in [-0.2, 0) is 25.8 Å². The summed E-state index contributed by atoms with van der Waals surface area (Å²) in [5.41, 5.74) is 1.13. The van der Waals surface area contributed by atoms with Gasteiger partial charge in [-0.1, -0.05) is 19.1 Å². The van der Waals surface area contributed by atoms with E-state index in [9.17, 15) is 22.8 Å². The fourth-order valence-corrected chi connectivity index (χ4v) is 3.79. The van der Waals surface area contributed by atoms with Gasteiger partial charge in [0.05, 0.1) is 29.5 Å². The van der Waals surface area contributed by atoms with Crippen LogP contribution in [0.25, 0.3) is 22.3 Å². The summed E-state index contributed by atoms with van der Waals surface area (Å²) in [6.45, 7) is 4.63. The van der Waals surface area contributed by atoms with Gasteiger partial charge in [-0.3, -0.25) is 18.6 Å². The zero-order valence-electron chi connectivity index (χ0n) is 17.6. The van der Waals surface area contributed by atoms with Crippen molar-refractivity contribution in [3.8, 4) is 11.3 Å². The Hall–Kier alpha value is -3.56. The van der Waals surface area contributed by atoms with Gasteiger partial charge in [0.2, 0.25) is 0 Å². The molecule has 4 rings (SSSR count). The van der Waals surface area contributed by atoms with Gasteiger partial charge in [-0.05, 0) is 37.1 Å². The third-order valence-electron chi connectivity index (χ3n) is 5.32. The summed E-state index contributed by atoms with van der Waals surface area (Å²) in [4.78, 5) is 28.6. The van der Waals surface area contributed by atoms with Crippen molar-refractivity contribution in [3.63, 3.8) is 0 Å². The Morgan fingerprint density at radius 3 is 2.56 bits per heavy atom. The lowest BCUT2D eigenvalue weighted by molar-refractivity contribution is -0.137. The third-order valence-corrected chi connectivity index (χ3v) is 5.32. The highest BCUT2D eigenvalue weighted by molar-refractivity contribution is 5.82. The van der Waals surface area contributed by atoms with Gasteiger partial charge in [-0.25, -0.2) is 4.79 Å². The first-order valence-electron chi connectivity index (χ1n) is 10.3. The predicted octanol–water partition coefficient (Wildman–Crippen LogP) is 3.85. The lowest BCUT2D eigenvalue weighted by Crippen LogP contribution is -2.39. The average molecular weight is 445 g/mol. The lowest BCUT2D eigenvalue weighted by atomic mass is 10.1. The molecule has 1 aromatic carbocycles. The minimum Gasteiger partial charge on any atom is -0.349 e. The number of benzene rings is 1. The molecule has 0 spiro atoms. The standard InChI is InChI=1S/C22H22F3N5O2/c1-3-8-30-20(31)19-18(29(4-2)21(30)32)10-17(27-19)15-11-26-28(13-15)12-14-6-5-7-16(9-14)22(23,24)25/h5-7,9-11,13,27H,3-4,8,12H2,1-2H3. The number of nitrogens with one attached hydrogen (secondary N) is 1. The Morgan fingerprint density at radius 1 is 1.09 bits per heavy atom. The molecule has 7 nitrogen and oxygen atoms in total. The first kappa shape index (κ1) is 21.7. The number of hydrogen-bond donors (Lipinski definition) is 1. The SMILES string of the molecule is CCCn1c(=O)c2[nH]c(-c3cnn(Cc4cccc(C(F)(F)F)c4)c3)cc2n(CC)c1=O. The predicted molar refractivity (Wildman–Crippen MR) is 115 cm³/mol. The van der Waals surface area contributed by atoms with Crippen LogP contribution >= 0.6 is 0 Å². The molecule has 32 heavy (non-hydrogen) atoms. The number of halogens is 3. The van der Waals surface area contributed by atoms with Crippen LogP contribution in [0.4, 0.5) is 13.2 Å². The van der Waals surface area contributed by atoms with Gasteiger partial charge < -0.3 is 4.98 Å². The Morgan fingerprint density at radius 2 is 1.88 bits per heavy atom. The molecule has 0 aliphatic carbocycles. The summed E-state index contributed by atoms with van der Waals surface area (Å²) in [5.74, 6) is 0. The van der Waals surface area contributed by atoms with E-state index >= 15 is 0 Å². The summed E-state index contributed by atoms with van der Waals surface area (Å²) in [7, 11) is 0. The van der Waals surface area contributed by atoms with Crippen molar-refractivity contribution in [2.45, 2.75) is 46.1 Å². The maximum absolute atomic E-state index is 13.0. The highest BCUT2D eigenvalue weighted by atomic mass is 19.4. The van der Waals surface area contributed by atoms with Gasteiger partial charge in [0.25, 0.3) is 5.56 Å². The summed E-state index contributed by atoms with van der Waals surface area (Å²) < 4.78 is 43.2. The topological polar surface area (TPSA) is 77.6 Å². The van der Waals surface area contributed by atoms with E-state index in [2.05, 4.69) is 10.1 Å². The molecule has 0 aliphatic heterocycles. The Kier molecular flexibility index (Phi) is 5.53. The molecule has 0 saturated heterocycles. The lowest BCUT2D eigenvalue weighted by Gasteiger charge is -2.09. The van der Waals surface area contributed by atoms with Crippen molar-refractivity contribution in [1.82, 2.24) is 23.9 Å². The monoisotopic (exact) mass is 445 g/mol. The zero-order valence-corrected chi connectivity index (χ0v) is 17.6. The molecule has 0 amide bonds. The molecule has 168 valence electrons. The highest BCUT2D eigenvalue weighted by Gasteiger charge is 2.30. The van der Waals surface area contributed by atoms with E-state index in [0.29, 0.717) is 47.4 Å². The molecule has 0 bridgehead atoms. The van der Waals surface area contributed by atoms with E-state index in [1.165, 1.54) is 15.3 Å². The number of nitrogens with zero attached hydrogens (tertiary/aromatic N) is 4. The maximum atomic E-state index is 13.0. The van der Waals surface area contributed by atoms with Crippen molar-refractivity contribution in [2.24, 2.45) is 0 Å². The zero-order chi connectivity index (χ0) is 23.0. The molecule has 0 aliphatic rings. The average Bonchev–Trinajstić information content (AvgIpc) is 3.39. The van der Waals surface area contributed by atoms with Gasteiger partial charge in [0, 0.05) is 24.8 Å². The summed E-state index contributed by atoms with van der Waals surface area (Å²) >= 11 is 0. The molecule has 10 heteroatoms. The molecule has 1 N–H and O–H groups in total. The van der Waals surface area contributed by atoms with Gasteiger partial charge in [0.1, 0.15) is 5.52 Å². The molecule has 3 aromatic heterocycles. The Bertz CT molecular complexity index is 1390. The smallest absolute Gasteiger partial charge is 0.349 e. The summed E-state index contributed by atoms with van der Waals surface area (Å²) in [6.07, 6.45) is -0.503. The fourth-order valence-electron chi connectivity index (χ4n) is 3.79. The van der Waals surface area contributed by atoms with Crippen LogP contribution in [0.15, 0.2) is 52.3 Å². The summed E-state index contributed by atoms with van der Waals surface area (Å²) in [6, 6.07) is 6.83. The molecule has 0 fully saturated rings. The van der Waals surface area contributed by atoms with Crippen molar-refractivity contribution in [2.75, 3.05) is 0 Å². The third kappa shape index (κ3) is 3.88. The van der Waals surface area contributed by atoms with E-state index in [0.717, 1.165) is 12.1 Å². The van der Waals surface area contributed by atoms with E-state index in [1.807, 2.05) is 13.8 Å². The Labute approximate surface area is 180 Å². The largest absolute Gasteiger partial charge is 0.416 e. The molecule has 0 unspecified atom stereocenters. The summed E-state index contributed by atoms with van der Waals surface area (Å²) in [5, 5.41) is 4.24. The van der Waals surface area contributed by atoms with Gasteiger partial charge in [-0.2, -0.15) is 18.3 Å². The molecular weight excluding hydrogens is 423 g/mol. The maximum Gasteiger partial charge on any atom is 0.416 e. The number of aromatic amines is 1. The Balaban J connectivity index is 1.70. The van der Waals surface area contributed by atoms with Crippen molar-refractivity contribution < 1.29 is 13.2 Å². The number of rotatable bonds is 6. The van der Waals surface area contributed by atoms with E-state index < -0.39 is 11.7 Å². The van der Waals surface area contributed by atoms with Crippen LogP contribution in [0.5, 0.6) is 0 Å². The van der Waals surface area contributed by atoms with Crippen molar-refractivity contribution in [1.29, 1.82) is 0 Å². The number of fused-ring (bicyclic) bond motifs is 1. The minimum absolute atomic E-state index is 0.160. The molecule has 0 saturated carbocycles. The number of hydrogen-bond acceptors (Lipinski definition) is 3. The first-order valence-corrected chi connectivity index (χ1v) is 10.3. The molecule has 4 aromatic rings. The second-order valence-corrected chi connectivity index (χ2v) is 7.55. The molecule has 0 atom stereocenters. The van der Waals surface area contributed by atoms with Crippen LogP contribution in [0.2, 0.25) is 0 Å². The van der Waals surface area contributed by atoms with Crippen LogP contribution in [-0.4, -0.2) is 23.9 Å².